The van der Waals surface area contributed by atoms with Gasteiger partial charge in [0.25, 0.3) is 0 Å². The summed E-state index contributed by atoms with van der Waals surface area (Å²) in [5, 5.41) is 5.55. The molecule has 0 N–H and O–H groups in total. The lowest BCUT2D eigenvalue weighted by atomic mass is 10.0. The molecule has 0 aliphatic carbocycles. The van der Waals surface area contributed by atoms with Crippen LogP contribution < -0.4 is 0 Å². The van der Waals surface area contributed by atoms with Crippen LogP contribution in [0.15, 0.2) is 10.4 Å². The summed E-state index contributed by atoms with van der Waals surface area (Å²) in [6.45, 7) is 2.00. The highest BCUT2D eigenvalue weighted by atomic mass is 127. The van der Waals surface area contributed by atoms with Crippen molar-refractivity contribution in [3.8, 4) is 0 Å². The summed E-state index contributed by atoms with van der Waals surface area (Å²) in [7, 11) is 0. The lowest BCUT2D eigenvalue weighted by Crippen LogP contribution is -2.21. The van der Waals surface area contributed by atoms with Crippen molar-refractivity contribution in [2.75, 3.05) is 11.0 Å². The summed E-state index contributed by atoms with van der Waals surface area (Å²) in [4.78, 5) is 20.1. The fourth-order valence-electron chi connectivity index (χ4n) is 0.829. The van der Waals surface area contributed by atoms with E-state index in [4.69, 9.17) is 0 Å². The summed E-state index contributed by atoms with van der Waals surface area (Å²) in [6, 6.07) is -0.422. The van der Waals surface area contributed by atoms with Crippen molar-refractivity contribution >= 4 is 22.6 Å². The van der Waals surface area contributed by atoms with E-state index in [0.29, 0.717) is 0 Å². The third-order valence-corrected chi connectivity index (χ3v) is 2.80. The number of alkyl halides is 1. The van der Waals surface area contributed by atoms with Gasteiger partial charge in [0.05, 0.1) is 0 Å². The van der Waals surface area contributed by atoms with Crippen LogP contribution in [-0.2, 0) is 0 Å². The quantitative estimate of drug-likeness (QED) is 0.422. The molecule has 0 saturated heterocycles. The molecule has 0 saturated carbocycles. The molecule has 0 amide bonds. The highest BCUT2D eigenvalue weighted by Gasteiger charge is 2.19. The minimum absolute atomic E-state index is 0.0189. The van der Waals surface area contributed by atoms with E-state index in [9.17, 15) is 9.81 Å². The molecule has 0 heterocycles. The average molecular weight is 270 g/mol. The normalized spacial score (nSPS) is 15.5. The van der Waals surface area contributed by atoms with Crippen LogP contribution in [0.2, 0.25) is 0 Å². The first kappa shape index (κ1) is 10.9. The van der Waals surface area contributed by atoms with Gasteiger partial charge >= 0.3 is 0 Å². The fraction of sp³-hybridized carbons (Fsp3) is 1.00. The molecule has 2 unspecified atom stereocenters. The van der Waals surface area contributed by atoms with Crippen LogP contribution in [0.25, 0.3) is 0 Å². The Morgan fingerprint density at radius 2 is 2.09 bits per heavy atom. The monoisotopic (exact) mass is 270 g/mol. The second kappa shape index (κ2) is 6.63. The van der Waals surface area contributed by atoms with Crippen molar-refractivity contribution < 1.29 is 0 Å². The van der Waals surface area contributed by atoms with Crippen LogP contribution in [0.1, 0.15) is 13.3 Å². The molecule has 0 fully saturated rings. The van der Waals surface area contributed by atoms with E-state index in [2.05, 4.69) is 32.9 Å². The van der Waals surface area contributed by atoms with Crippen LogP contribution in [0.4, 0.5) is 0 Å². The summed E-state index contributed by atoms with van der Waals surface area (Å²) in [6.07, 6.45) is 0.870. The van der Waals surface area contributed by atoms with Gasteiger partial charge in [-0.3, -0.25) is 0 Å². The van der Waals surface area contributed by atoms with Gasteiger partial charge in [0.15, 0.2) is 0 Å². The van der Waals surface area contributed by atoms with Gasteiger partial charge in [0, 0.05) is 4.43 Å². The van der Waals surface area contributed by atoms with Gasteiger partial charge < -0.3 is 0 Å². The van der Waals surface area contributed by atoms with Crippen LogP contribution in [0.5, 0.6) is 0 Å². The van der Waals surface area contributed by atoms with Gasteiger partial charge in [-0.15, -0.1) is 0 Å². The lowest BCUT2D eigenvalue weighted by Gasteiger charge is -2.13. The maximum absolute atomic E-state index is 10.2. The standard InChI is InChI=1S/C6H11IN2O2/c1-2-5(3-7)6(9-11)4-8-10/h5-6H,2-4H2,1H3. The third kappa shape index (κ3) is 3.74. The van der Waals surface area contributed by atoms with Crippen LogP contribution in [0.3, 0.4) is 0 Å². The number of nitroso groups, excluding NO2 is 2. The van der Waals surface area contributed by atoms with Crippen molar-refractivity contribution in [2.45, 2.75) is 19.4 Å². The van der Waals surface area contributed by atoms with Crippen molar-refractivity contribution in [3.05, 3.63) is 9.81 Å². The Morgan fingerprint density at radius 3 is 2.36 bits per heavy atom. The molecule has 0 bridgehead atoms. The molecule has 0 aromatic heterocycles. The van der Waals surface area contributed by atoms with Gasteiger partial charge in [0.2, 0.25) is 0 Å². The average Bonchev–Trinajstić information content (AvgIpc) is 2.05. The summed E-state index contributed by atoms with van der Waals surface area (Å²) >= 11 is 2.19. The summed E-state index contributed by atoms with van der Waals surface area (Å²) < 4.78 is 0.847. The Balaban J connectivity index is 3.96. The van der Waals surface area contributed by atoms with Crippen molar-refractivity contribution in [1.29, 1.82) is 0 Å². The van der Waals surface area contributed by atoms with Crippen LogP contribution in [-0.4, -0.2) is 17.0 Å². The summed E-state index contributed by atoms with van der Waals surface area (Å²) in [5.74, 6) is 0.200. The van der Waals surface area contributed by atoms with Crippen molar-refractivity contribution in [1.82, 2.24) is 0 Å². The zero-order chi connectivity index (χ0) is 8.69. The molecule has 4 nitrogen and oxygen atoms in total. The van der Waals surface area contributed by atoms with Gasteiger partial charge in [-0.05, 0) is 5.92 Å². The van der Waals surface area contributed by atoms with Gasteiger partial charge in [-0.1, -0.05) is 46.3 Å². The second-order valence-electron chi connectivity index (χ2n) is 2.31. The van der Waals surface area contributed by atoms with E-state index in [1.54, 1.807) is 0 Å². The molecule has 2 atom stereocenters. The van der Waals surface area contributed by atoms with E-state index < -0.39 is 6.04 Å². The molecule has 0 aliphatic rings. The van der Waals surface area contributed by atoms with Crippen LogP contribution in [0, 0.1) is 15.7 Å². The second-order valence-corrected chi connectivity index (χ2v) is 3.19. The van der Waals surface area contributed by atoms with Crippen LogP contribution >= 0.6 is 22.6 Å². The minimum atomic E-state index is -0.422. The molecule has 0 aliphatic heterocycles. The molecule has 0 aromatic carbocycles. The van der Waals surface area contributed by atoms with Gasteiger partial charge in [0.1, 0.15) is 12.6 Å². The number of rotatable bonds is 6. The first-order chi connectivity index (χ1) is 5.29. The molecule has 0 radical (unpaired) electrons. The van der Waals surface area contributed by atoms with Gasteiger partial charge in [-0.2, -0.15) is 9.81 Å². The molecule has 0 aromatic rings. The Hall–Kier alpha value is -0.0700. The largest absolute Gasteiger partial charge is 0.151 e. The van der Waals surface area contributed by atoms with Crippen molar-refractivity contribution in [3.63, 3.8) is 0 Å². The maximum Gasteiger partial charge on any atom is 0.118 e. The zero-order valence-electron chi connectivity index (χ0n) is 6.36. The summed E-state index contributed by atoms with van der Waals surface area (Å²) in [5.41, 5.74) is 0. The Morgan fingerprint density at radius 1 is 1.45 bits per heavy atom. The number of halogens is 1. The zero-order valence-corrected chi connectivity index (χ0v) is 8.52. The fourth-order valence-corrected chi connectivity index (χ4v) is 2.04. The number of nitrogens with zero attached hydrogens (tertiary/aromatic N) is 2. The molecule has 5 heteroatoms. The first-order valence-electron chi connectivity index (χ1n) is 3.47. The molecule has 11 heavy (non-hydrogen) atoms. The molecule has 0 spiro atoms. The van der Waals surface area contributed by atoms with E-state index in [1.165, 1.54) is 0 Å². The van der Waals surface area contributed by atoms with E-state index in [-0.39, 0.29) is 12.5 Å². The number of hydrogen-bond acceptors (Lipinski definition) is 4. The smallest absolute Gasteiger partial charge is 0.118 e. The molecular formula is C6H11IN2O2. The first-order valence-corrected chi connectivity index (χ1v) is 5.00. The molecule has 0 rings (SSSR count). The van der Waals surface area contributed by atoms with Crippen molar-refractivity contribution in [2.24, 2.45) is 16.3 Å². The molecule has 64 valence electrons. The highest BCUT2D eigenvalue weighted by Crippen LogP contribution is 2.15. The topological polar surface area (TPSA) is 58.9 Å². The highest BCUT2D eigenvalue weighted by molar-refractivity contribution is 14.1. The molecular weight excluding hydrogens is 259 g/mol. The predicted molar refractivity (Wildman–Crippen MR) is 52.9 cm³/mol. The minimum Gasteiger partial charge on any atom is -0.151 e. The van der Waals surface area contributed by atoms with Gasteiger partial charge in [-0.25, -0.2) is 0 Å². The maximum atomic E-state index is 10.2. The lowest BCUT2D eigenvalue weighted by molar-refractivity contribution is 0.461. The van der Waals surface area contributed by atoms with E-state index in [1.807, 2.05) is 6.92 Å². The Labute approximate surface area is 79.2 Å². The Bertz CT molecular complexity index is 128. The number of hydrogen-bond donors (Lipinski definition) is 0. The predicted octanol–water partition coefficient (Wildman–Crippen LogP) is 2.35. The van der Waals surface area contributed by atoms with E-state index in [0.717, 1.165) is 10.8 Å². The van der Waals surface area contributed by atoms with E-state index >= 15 is 0 Å². The third-order valence-electron chi connectivity index (χ3n) is 1.66. The SMILES string of the molecule is CCC(CI)C(CN=O)N=O. The Kier molecular flexibility index (Phi) is 6.59.